The summed E-state index contributed by atoms with van der Waals surface area (Å²) >= 11 is 6.87. The van der Waals surface area contributed by atoms with Crippen LogP contribution in [-0.4, -0.2) is 24.5 Å². The van der Waals surface area contributed by atoms with Gasteiger partial charge in [0.2, 0.25) is 0 Å². The monoisotopic (exact) mass is 439 g/mol. The molecule has 2 unspecified atom stereocenters. The Balaban J connectivity index is 1.80. The maximum atomic E-state index is 6.87. The fourth-order valence-corrected chi connectivity index (χ4v) is 5.50. The molecule has 2 aromatic rings. The third kappa shape index (κ3) is 6.83. The van der Waals surface area contributed by atoms with E-state index in [0.29, 0.717) is 11.3 Å². The molecule has 1 aliphatic heterocycles. The van der Waals surface area contributed by atoms with Crippen molar-refractivity contribution in [1.82, 2.24) is 4.90 Å². The summed E-state index contributed by atoms with van der Waals surface area (Å²) in [6.07, 6.45) is 11.2. The molecule has 0 spiro atoms. The normalized spacial score (nSPS) is 17.9. The van der Waals surface area contributed by atoms with Crippen molar-refractivity contribution in [3.63, 3.8) is 0 Å². The molecule has 0 N–H and O–H groups in total. The highest BCUT2D eigenvalue weighted by atomic mass is 35.5. The minimum absolute atomic E-state index is 0.322. The molecule has 0 radical (unpaired) electrons. The van der Waals surface area contributed by atoms with E-state index in [2.05, 4.69) is 74.2 Å². The van der Waals surface area contributed by atoms with Gasteiger partial charge >= 0.3 is 0 Å². The van der Waals surface area contributed by atoms with Crippen molar-refractivity contribution in [2.75, 3.05) is 19.6 Å². The molecule has 3 rings (SSSR count). The summed E-state index contributed by atoms with van der Waals surface area (Å²) in [5.41, 5.74) is 4.42. The number of aryl methyl sites for hydroxylation is 2. The van der Waals surface area contributed by atoms with Crippen LogP contribution in [0.4, 0.5) is 0 Å². The second-order valence-electron chi connectivity index (χ2n) is 9.86. The zero-order valence-corrected chi connectivity index (χ0v) is 20.8. The van der Waals surface area contributed by atoms with Crippen molar-refractivity contribution in [1.29, 1.82) is 0 Å². The van der Waals surface area contributed by atoms with Gasteiger partial charge in [-0.15, -0.1) is 0 Å². The van der Waals surface area contributed by atoms with E-state index in [4.69, 9.17) is 11.6 Å². The lowest BCUT2D eigenvalue weighted by Crippen LogP contribution is -2.39. The van der Waals surface area contributed by atoms with Gasteiger partial charge < -0.3 is 4.90 Å². The van der Waals surface area contributed by atoms with Gasteiger partial charge in [-0.1, -0.05) is 101 Å². The summed E-state index contributed by atoms with van der Waals surface area (Å²) in [5.74, 6) is 0.544. The molecule has 0 saturated carbocycles. The molecule has 170 valence electrons. The van der Waals surface area contributed by atoms with Gasteiger partial charge in [0.1, 0.15) is 0 Å². The molecule has 0 aliphatic carbocycles. The lowest BCUT2D eigenvalue weighted by atomic mass is 9.68. The number of halogens is 1. The summed E-state index contributed by atoms with van der Waals surface area (Å²) in [5, 5.41) is 0.950. The zero-order chi connectivity index (χ0) is 22.1. The Morgan fingerprint density at radius 2 is 1.71 bits per heavy atom. The molecule has 1 heterocycles. The number of hydrogen-bond donors (Lipinski definition) is 0. The van der Waals surface area contributed by atoms with Crippen molar-refractivity contribution in [2.45, 2.75) is 84.5 Å². The number of nitrogens with zero attached hydrogens (tertiary/aromatic N) is 1. The number of hydrogen-bond acceptors (Lipinski definition) is 1. The molecular weight excluding hydrogens is 398 g/mol. The van der Waals surface area contributed by atoms with Gasteiger partial charge in [-0.25, -0.2) is 0 Å². The van der Waals surface area contributed by atoms with Crippen molar-refractivity contribution in [3.05, 3.63) is 70.2 Å². The molecule has 2 heteroatoms. The van der Waals surface area contributed by atoms with Gasteiger partial charge in [0.15, 0.2) is 0 Å². The van der Waals surface area contributed by atoms with Crippen molar-refractivity contribution in [2.24, 2.45) is 5.41 Å². The Labute approximate surface area is 196 Å². The zero-order valence-electron chi connectivity index (χ0n) is 20.0. The molecule has 31 heavy (non-hydrogen) atoms. The molecule has 1 aliphatic rings. The van der Waals surface area contributed by atoms with Crippen molar-refractivity contribution >= 4 is 11.6 Å². The molecule has 0 amide bonds. The minimum Gasteiger partial charge on any atom is -0.303 e. The molecule has 0 bridgehead atoms. The van der Waals surface area contributed by atoms with Crippen LogP contribution in [0, 0.1) is 5.41 Å². The topological polar surface area (TPSA) is 3.24 Å². The number of unbranched alkanes of at least 4 members (excludes halogenated alkanes) is 1. The molecule has 1 saturated heterocycles. The molecule has 2 aromatic carbocycles. The predicted octanol–water partition coefficient (Wildman–Crippen LogP) is 8.30. The van der Waals surface area contributed by atoms with Crippen LogP contribution in [0.3, 0.4) is 0 Å². The fraction of sp³-hybridized carbons (Fsp3) is 0.586. The highest BCUT2D eigenvalue weighted by Crippen LogP contribution is 2.44. The third-order valence-corrected chi connectivity index (χ3v) is 8.00. The van der Waals surface area contributed by atoms with Crippen LogP contribution in [-0.2, 0) is 12.8 Å². The first-order chi connectivity index (χ1) is 15.1. The Morgan fingerprint density at radius 3 is 2.35 bits per heavy atom. The lowest BCUT2D eigenvalue weighted by Gasteiger charge is -2.41. The highest BCUT2D eigenvalue weighted by Gasteiger charge is 2.35. The van der Waals surface area contributed by atoms with Crippen LogP contribution < -0.4 is 0 Å². The second kappa shape index (κ2) is 12.1. The van der Waals surface area contributed by atoms with Gasteiger partial charge in [-0.2, -0.15) is 0 Å². The van der Waals surface area contributed by atoms with E-state index in [1.54, 1.807) is 0 Å². The van der Waals surface area contributed by atoms with Gasteiger partial charge in [0.05, 0.1) is 0 Å². The Hall–Kier alpha value is -1.31. The Kier molecular flexibility index (Phi) is 9.48. The van der Waals surface area contributed by atoms with Gasteiger partial charge in [-0.05, 0) is 73.4 Å². The first kappa shape index (κ1) is 24.3. The average molecular weight is 440 g/mol. The summed E-state index contributed by atoms with van der Waals surface area (Å²) in [6.45, 7) is 10.9. The average Bonchev–Trinajstić information content (AvgIpc) is 2.81. The van der Waals surface area contributed by atoms with Crippen LogP contribution in [0.2, 0.25) is 5.02 Å². The van der Waals surface area contributed by atoms with Crippen LogP contribution in [0.15, 0.2) is 48.5 Å². The first-order valence-electron chi connectivity index (χ1n) is 12.6. The molecule has 1 nitrogen and oxygen atoms in total. The largest absolute Gasteiger partial charge is 0.303 e. The standard InChI is InChI=1S/C29H42ClN/c1-4-6-19-29(3,5-2)27(23-31-20-11-8-12-21-31)26-18-17-25(28(30)22-26)16-15-24-13-9-7-10-14-24/h7,9-10,13-14,17-18,22,27H,4-6,8,11-12,15-16,19-21,23H2,1-3H3. The van der Waals surface area contributed by atoms with Crippen molar-refractivity contribution in [3.8, 4) is 0 Å². The summed E-state index contributed by atoms with van der Waals surface area (Å²) in [4.78, 5) is 2.71. The smallest absolute Gasteiger partial charge is 0.0440 e. The number of rotatable bonds is 11. The number of benzene rings is 2. The maximum absolute atomic E-state index is 6.87. The summed E-state index contributed by atoms with van der Waals surface area (Å²) < 4.78 is 0. The van der Waals surface area contributed by atoms with Crippen LogP contribution in [0.1, 0.15) is 88.3 Å². The minimum atomic E-state index is 0.322. The third-order valence-electron chi connectivity index (χ3n) is 7.65. The fourth-order valence-electron chi connectivity index (χ4n) is 5.21. The Morgan fingerprint density at radius 1 is 0.968 bits per heavy atom. The van der Waals surface area contributed by atoms with Crippen molar-refractivity contribution < 1.29 is 0 Å². The maximum Gasteiger partial charge on any atom is 0.0440 e. The number of likely N-dealkylation sites (tertiary alicyclic amines) is 1. The molecule has 0 aromatic heterocycles. The van der Waals surface area contributed by atoms with Gasteiger partial charge in [0, 0.05) is 17.5 Å². The lowest BCUT2D eigenvalue weighted by molar-refractivity contribution is 0.138. The predicted molar refractivity (Wildman–Crippen MR) is 136 cm³/mol. The number of piperidine rings is 1. The van der Waals surface area contributed by atoms with E-state index in [9.17, 15) is 0 Å². The highest BCUT2D eigenvalue weighted by molar-refractivity contribution is 6.31. The molecule has 2 atom stereocenters. The van der Waals surface area contributed by atoms with Crippen LogP contribution >= 0.6 is 11.6 Å². The van der Waals surface area contributed by atoms with E-state index in [1.807, 2.05) is 0 Å². The quantitative estimate of drug-likeness (QED) is 0.340. The SMILES string of the molecule is CCCCC(C)(CC)C(CN1CCCCC1)c1ccc(CCc2ccccc2)c(Cl)c1. The van der Waals surface area contributed by atoms with E-state index < -0.39 is 0 Å². The van der Waals surface area contributed by atoms with Crippen LogP contribution in [0.25, 0.3) is 0 Å². The summed E-state index contributed by atoms with van der Waals surface area (Å²) in [6, 6.07) is 17.7. The molecule has 1 fully saturated rings. The summed E-state index contributed by atoms with van der Waals surface area (Å²) in [7, 11) is 0. The van der Waals surface area contributed by atoms with Crippen LogP contribution in [0.5, 0.6) is 0 Å². The molecular formula is C29H42ClN. The van der Waals surface area contributed by atoms with E-state index in [0.717, 1.165) is 17.9 Å². The van der Waals surface area contributed by atoms with E-state index >= 15 is 0 Å². The first-order valence-corrected chi connectivity index (χ1v) is 13.0. The van der Waals surface area contributed by atoms with Gasteiger partial charge in [0.25, 0.3) is 0 Å². The van der Waals surface area contributed by atoms with E-state index in [1.165, 1.54) is 81.3 Å². The van der Waals surface area contributed by atoms with E-state index in [-0.39, 0.29) is 0 Å². The second-order valence-corrected chi connectivity index (χ2v) is 10.3. The van der Waals surface area contributed by atoms with Gasteiger partial charge in [-0.3, -0.25) is 0 Å². The Bertz CT molecular complexity index is 781.